The molecular formula is C82H84N4O14. The molecule has 0 radical (unpaired) electrons. The standard InChI is InChI=1S/C82H84N4O14/c1-7-17-63(81(91)83(31-27-55-43-93-55)32-28-56-44-94-56)85-77(87)59-39-65(97-51-23-13-19-47(9-3)35-51)71-73-67(99-53-25-15-21-49(11-5)37-53)41-61-70-62(80(90)86(79(61)89)64(18-8-2)82(92)84(33-29-57-45-95-57)34-30-58-46-96-58)42-68(100-54-26-16-22-50(12-6)38-54)74(76(70)73)72-66(40-60(78(85)88)69(59)75(71)72)98-52-24-14-20-48(10-4)36-52/h13-16,19-26,35-42,55-58,63-64H,7-12,17-18,27-34,43-46H2,1-6H3. The third-order valence-corrected chi connectivity index (χ3v) is 20.5. The van der Waals surface area contributed by atoms with Crippen LogP contribution >= 0.6 is 0 Å². The predicted octanol–water partition coefficient (Wildman–Crippen LogP) is 15.5. The average molecular weight is 1350 g/mol. The molecule has 6 atom stereocenters. The van der Waals surface area contributed by atoms with Crippen LogP contribution in [0.15, 0.2) is 121 Å². The number of aryl methyl sites for hydroxylation is 4. The van der Waals surface area contributed by atoms with Crippen LogP contribution in [0.5, 0.6) is 46.0 Å². The molecule has 15 rings (SSSR count). The van der Waals surface area contributed by atoms with Crippen LogP contribution in [0, 0.1) is 0 Å². The van der Waals surface area contributed by atoms with E-state index in [1.807, 2.05) is 111 Å². The van der Waals surface area contributed by atoms with Gasteiger partial charge in [0.05, 0.1) is 73.1 Å². The highest BCUT2D eigenvalue weighted by Gasteiger charge is 2.48. The number of epoxide rings is 4. The Morgan fingerprint density at radius 3 is 0.850 bits per heavy atom. The Labute approximate surface area is 581 Å². The maximum absolute atomic E-state index is 16.5. The Bertz CT molecular complexity index is 4170. The monoisotopic (exact) mass is 1350 g/mol. The SMILES string of the molecule is CCCC(C(=O)N(CCC1CO1)CCC1CO1)N1C(=O)c2cc(Oc3cccc(CC)c3)c3c4c(Oc5cccc(CC)c5)cc5c6c(cc(Oc7cccc(CC)c7)c(c7c(Oc8cccc(CC)c8)cc(c2c37)C1=O)c64)C(=O)N(C(CCC)C(=O)N(CCC1CO1)CCC1CO1)C5=O. The molecule has 516 valence electrons. The number of hydrogen-bond acceptors (Lipinski definition) is 14. The molecule has 6 heterocycles. The summed E-state index contributed by atoms with van der Waals surface area (Å²) in [6.45, 7) is 15.9. The molecule has 6 aliphatic heterocycles. The number of amides is 6. The largest absolute Gasteiger partial charge is 0.457 e. The molecule has 4 saturated heterocycles. The van der Waals surface area contributed by atoms with Crippen molar-refractivity contribution in [3.8, 4) is 46.0 Å². The van der Waals surface area contributed by atoms with E-state index < -0.39 is 35.7 Å². The molecule has 4 fully saturated rings. The molecule has 0 spiro atoms. The number of carbonyl (C=O) groups is 6. The zero-order valence-corrected chi connectivity index (χ0v) is 57.7. The fourth-order valence-corrected chi connectivity index (χ4v) is 14.8. The molecule has 6 unspecified atom stereocenters. The maximum Gasteiger partial charge on any atom is 0.262 e. The third kappa shape index (κ3) is 13.0. The predicted molar refractivity (Wildman–Crippen MR) is 380 cm³/mol. The van der Waals surface area contributed by atoms with E-state index in [1.165, 1.54) is 0 Å². The number of nitrogens with zero attached hydrogens (tertiary/aromatic N) is 4. The maximum atomic E-state index is 16.5. The Kier molecular flexibility index (Phi) is 18.5. The number of fused-ring (bicyclic) bond motifs is 2. The van der Waals surface area contributed by atoms with Crippen LogP contribution in [0.3, 0.4) is 0 Å². The first-order valence-corrected chi connectivity index (χ1v) is 36.0. The lowest BCUT2D eigenvalue weighted by atomic mass is 9.80. The highest BCUT2D eigenvalue weighted by Crippen LogP contribution is 2.58. The number of carbonyl (C=O) groups excluding carboxylic acids is 6. The van der Waals surface area contributed by atoms with Crippen LogP contribution in [-0.2, 0) is 54.2 Å². The van der Waals surface area contributed by atoms with Gasteiger partial charge >= 0.3 is 0 Å². The van der Waals surface area contributed by atoms with Crippen molar-refractivity contribution in [3.63, 3.8) is 0 Å². The topological polar surface area (TPSA) is 202 Å². The van der Waals surface area contributed by atoms with E-state index in [4.69, 9.17) is 37.9 Å². The summed E-state index contributed by atoms with van der Waals surface area (Å²) < 4.78 is 52.0. The lowest BCUT2D eigenvalue weighted by molar-refractivity contribution is -0.136. The van der Waals surface area contributed by atoms with Crippen molar-refractivity contribution in [3.05, 3.63) is 166 Å². The van der Waals surface area contributed by atoms with E-state index in [0.717, 1.165) is 32.1 Å². The average Bonchev–Trinajstić information content (AvgIpc) is 1.10. The molecule has 18 heteroatoms. The molecular weight excluding hydrogens is 1260 g/mol. The molecule has 0 saturated carbocycles. The summed E-state index contributed by atoms with van der Waals surface area (Å²) in [5.74, 6) is -1.10. The van der Waals surface area contributed by atoms with Gasteiger partial charge in [-0.15, -0.1) is 0 Å². The fraction of sp³-hybridized carbons (Fsp3) is 0.390. The lowest BCUT2D eigenvalue weighted by Gasteiger charge is -2.37. The second kappa shape index (κ2) is 27.9. The van der Waals surface area contributed by atoms with Crippen molar-refractivity contribution in [2.75, 3.05) is 52.6 Å². The molecule has 18 nitrogen and oxygen atoms in total. The van der Waals surface area contributed by atoms with Crippen LogP contribution in [0.2, 0.25) is 0 Å². The molecule has 0 bridgehead atoms. The minimum Gasteiger partial charge on any atom is -0.457 e. The normalized spacial score (nSPS) is 18.7. The van der Waals surface area contributed by atoms with Crippen molar-refractivity contribution >= 4 is 78.5 Å². The van der Waals surface area contributed by atoms with Crippen LogP contribution < -0.4 is 18.9 Å². The van der Waals surface area contributed by atoms with Crippen LogP contribution in [0.1, 0.15) is 157 Å². The van der Waals surface area contributed by atoms with Gasteiger partial charge in [0, 0.05) is 69.3 Å². The first-order valence-electron chi connectivity index (χ1n) is 36.0. The van der Waals surface area contributed by atoms with E-state index in [1.54, 1.807) is 34.1 Å². The van der Waals surface area contributed by atoms with Gasteiger partial charge in [0.2, 0.25) is 11.8 Å². The quantitative estimate of drug-likeness (QED) is 0.0167. The summed E-state index contributed by atoms with van der Waals surface area (Å²) in [6, 6.07) is 35.0. The number of hydrogen-bond donors (Lipinski definition) is 0. The van der Waals surface area contributed by atoms with E-state index in [9.17, 15) is 0 Å². The van der Waals surface area contributed by atoms with E-state index in [-0.39, 0.29) is 105 Å². The van der Waals surface area contributed by atoms with E-state index >= 15 is 28.8 Å². The smallest absolute Gasteiger partial charge is 0.262 e. The lowest BCUT2D eigenvalue weighted by Crippen LogP contribution is -2.55. The second-order valence-corrected chi connectivity index (χ2v) is 27.3. The van der Waals surface area contributed by atoms with Gasteiger partial charge in [0.1, 0.15) is 58.1 Å². The first-order chi connectivity index (χ1) is 48.8. The van der Waals surface area contributed by atoms with E-state index in [0.29, 0.717) is 172 Å². The van der Waals surface area contributed by atoms with Gasteiger partial charge < -0.3 is 47.7 Å². The van der Waals surface area contributed by atoms with Crippen molar-refractivity contribution in [2.24, 2.45) is 0 Å². The van der Waals surface area contributed by atoms with Gasteiger partial charge in [-0.1, -0.05) is 103 Å². The molecule has 100 heavy (non-hydrogen) atoms. The highest BCUT2D eigenvalue weighted by molar-refractivity contribution is 6.45. The van der Waals surface area contributed by atoms with Crippen LogP contribution in [-0.4, -0.2) is 144 Å². The molecule has 6 aliphatic rings. The molecule has 0 aliphatic carbocycles. The summed E-state index contributed by atoms with van der Waals surface area (Å²) in [5.41, 5.74) is 4.25. The van der Waals surface area contributed by atoms with Crippen molar-refractivity contribution in [1.82, 2.24) is 19.6 Å². The summed E-state index contributed by atoms with van der Waals surface area (Å²) >= 11 is 0. The summed E-state index contributed by atoms with van der Waals surface area (Å²) in [5, 5.41) is 2.71. The zero-order valence-electron chi connectivity index (χ0n) is 57.7. The summed E-state index contributed by atoms with van der Waals surface area (Å²) in [6.07, 6.45) is 6.42. The van der Waals surface area contributed by atoms with Gasteiger partial charge in [-0.2, -0.15) is 0 Å². The minimum absolute atomic E-state index is 0.0163. The highest BCUT2D eigenvalue weighted by atomic mass is 16.6. The molecule has 9 aromatic rings. The number of rotatable bonds is 32. The van der Waals surface area contributed by atoms with Gasteiger partial charge in [0.25, 0.3) is 23.6 Å². The molecule has 0 aromatic heterocycles. The Hall–Kier alpha value is -9.46. The molecule has 6 amide bonds. The molecule has 0 N–H and O–H groups in total. The number of ether oxygens (including phenoxy) is 8. The van der Waals surface area contributed by atoms with Gasteiger partial charge in [0.15, 0.2) is 0 Å². The van der Waals surface area contributed by atoms with Crippen molar-refractivity contribution in [1.29, 1.82) is 0 Å². The van der Waals surface area contributed by atoms with Gasteiger partial charge in [-0.05, 0) is 159 Å². The Balaban J connectivity index is 1.05. The first kappa shape index (κ1) is 66.4. The van der Waals surface area contributed by atoms with Crippen molar-refractivity contribution < 1.29 is 66.7 Å². The van der Waals surface area contributed by atoms with Gasteiger partial charge in [-0.25, -0.2) is 0 Å². The number of benzene rings is 9. The Morgan fingerprint density at radius 1 is 0.380 bits per heavy atom. The number of imide groups is 2. The van der Waals surface area contributed by atoms with Crippen molar-refractivity contribution in [2.45, 2.75) is 155 Å². The minimum atomic E-state index is -1.22. The summed E-state index contributed by atoms with van der Waals surface area (Å²) in [4.78, 5) is 103. The van der Waals surface area contributed by atoms with Crippen LogP contribution in [0.4, 0.5) is 0 Å². The molecule has 9 aromatic carbocycles. The van der Waals surface area contributed by atoms with Crippen LogP contribution in [0.25, 0.3) is 43.1 Å². The second-order valence-electron chi connectivity index (χ2n) is 27.3. The van der Waals surface area contributed by atoms with E-state index in [2.05, 4.69) is 27.7 Å². The third-order valence-electron chi connectivity index (χ3n) is 20.5. The fourth-order valence-electron chi connectivity index (χ4n) is 14.8. The van der Waals surface area contributed by atoms with Gasteiger partial charge in [-0.3, -0.25) is 38.6 Å². The Morgan fingerprint density at radius 2 is 0.630 bits per heavy atom. The zero-order chi connectivity index (χ0) is 69.0. The summed E-state index contributed by atoms with van der Waals surface area (Å²) in [7, 11) is 0.